The Kier molecular flexibility index (Phi) is 6.56. The van der Waals surface area contributed by atoms with Gasteiger partial charge in [0.15, 0.2) is 11.6 Å². The number of hydrogen-bond acceptors (Lipinski definition) is 3. The zero-order valence-electron chi connectivity index (χ0n) is 30.1. The van der Waals surface area contributed by atoms with Crippen LogP contribution in [0.3, 0.4) is 0 Å². The lowest BCUT2D eigenvalue weighted by Crippen LogP contribution is -2.06. The molecule has 0 N–H and O–H groups in total. The molecule has 0 fully saturated rings. The first-order valence-corrected chi connectivity index (χ1v) is 19.0. The molecule has 0 spiro atoms. The molecule has 260 valence electrons. The number of nitrogens with zero attached hydrogens (tertiary/aromatic N) is 5. The fraction of sp³-hybridized carbons (Fsp3) is 0. The summed E-state index contributed by atoms with van der Waals surface area (Å²) in [7, 11) is 0. The van der Waals surface area contributed by atoms with Gasteiger partial charge in [0.05, 0.1) is 27.6 Å². The van der Waals surface area contributed by atoms with Crippen LogP contribution in [0.2, 0.25) is 0 Å². The normalized spacial score (nSPS) is 11.9. The average Bonchev–Trinajstić information content (AvgIpc) is 3.79. The van der Waals surface area contributed by atoms with Gasteiger partial charge in [0.2, 0.25) is 5.95 Å². The van der Waals surface area contributed by atoms with Crippen molar-refractivity contribution >= 4 is 81.4 Å². The molecule has 0 bridgehead atoms. The zero-order chi connectivity index (χ0) is 36.7. The molecule has 0 atom stereocenters. The van der Waals surface area contributed by atoms with Crippen LogP contribution < -0.4 is 0 Å². The third kappa shape index (κ3) is 4.46. The van der Waals surface area contributed by atoms with Gasteiger partial charge in [-0.2, -0.15) is 9.97 Å². The molecule has 0 saturated carbocycles. The van der Waals surface area contributed by atoms with Crippen molar-refractivity contribution in [2.75, 3.05) is 0 Å². The highest BCUT2D eigenvalue weighted by Gasteiger charge is 2.21. The SMILES string of the molecule is c1ccc(-c2nc(-c3ccccc3)nc(-n3c4ccccc4c4cc5c6cccc7c8ccccc8c8ccccc8c8ccccc8n(c5cc43)c76)n2)cc1. The number of rotatable bonds is 3. The van der Waals surface area contributed by atoms with Gasteiger partial charge in [-0.15, -0.1) is 0 Å². The largest absolute Gasteiger partial charge is 0.308 e. The van der Waals surface area contributed by atoms with E-state index in [0.717, 1.165) is 44.0 Å². The molecular weight excluding hydrogens is 683 g/mol. The Hall–Kier alpha value is -7.63. The molecule has 0 aliphatic rings. The van der Waals surface area contributed by atoms with Crippen LogP contribution in [0.1, 0.15) is 0 Å². The van der Waals surface area contributed by atoms with Crippen molar-refractivity contribution in [3.63, 3.8) is 0 Å². The first-order valence-electron chi connectivity index (χ1n) is 19.0. The van der Waals surface area contributed by atoms with Gasteiger partial charge in [0, 0.05) is 43.4 Å². The molecule has 0 aliphatic heterocycles. The fourth-order valence-electron chi connectivity index (χ4n) is 8.91. The maximum absolute atomic E-state index is 5.22. The van der Waals surface area contributed by atoms with E-state index in [2.05, 4.69) is 161 Å². The van der Waals surface area contributed by atoms with E-state index in [-0.39, 0.29) is 0 Å². The van der Waals surface area contributed by atoms with Crippen molar-refractivity contribution in [1.29, 1.82) is 0 Å². The summed E-state index contributed by atoms with van der Waals surface area (Å²) in [5, 5.41) is 12.0. The predicted octanol–water partition coefficient (Wildman–Crippen LogP) is 12.9. The first-order chi connectivity index (χ1) is 27.8. The van der Waals surface area contributed by atoms with Crippen molar-refractivity contribution in [1.82, 2.24) is 23.9 Å². The van der Waals surface area contributed by atoms with Gasteiger partial charge in [0.1, 0.15) is 0 Å². The van der Waals surface area contributed by atoms with Gasteiger partial charge in [-0.05, 0) is 45.8 Å². The van der Waals surface area contributed by atoms with Crippen LogP contribution >= 0.6 is 0 Å². The van der Waals surface area contributed by atoms with E-state index in [1.807, 2.05) is 36.4 Å². The van der Waals surface area contributed by atoms with Gasteiger partial charge < -0.3 is 4.40 Å². The van der Waals surface area contributed by atoms with Crippen LogP contribution in [0.15, 0.2) is 188 Å². The number of hydrogen-bond donors (Lipinski definition) is 0. The fourth-order valence-corrected chi connectivity index (χ4v) is 8.91. The van der Waals surface area contributed by atoms with Gasteiger partial charge in [-0.25, -0.2) is 4.98 Å². The smallest absolute Gasteiger partial charge is 0.238 e. The van der Waals surface area contributed by atoms with Crippen LogP contribution in [0.4, 0.5) is 0 Å². The molecule has 0 saturated heterocycles. The van der Waals surface area contributed by atoms with E-state index >= 15 is 0 Å². The van der Waals surface area contributed by atoms with E-state index in [0.29, 0.717) is 17.6 Å². The van der Waals surface area contributed by atoms with Crippen LogP contribution in [-0.2, 0) is 0 Å². The van der Waals surface area contributed by atoms with Gasteiger partial charge in [-0.1, -0.05) is 164 Å². The summed E-state index contributed by atoms with van der Waals surface area (Å²) in [6.07, 6.45) is 0. The molecule has 8 aromatic carbocycles. The lowest BCUT2D eigenvalue weighted by atomic mass is 10.0. The van der Waals surface area contributed by atoms with Crippen molar-refractivity contribution in [3.8, 4) is 28.7 Å². The van der Waals surface area contributed by atoms with Gasteiger partial charge >= 0.3 is 0 Å². The molecule has 4 aromatic heterocycles. The Morgan fingerprint density at radius 3 is 1.32 bits per heavy atom. The van der Waals surface area contributed by atoms with Crippen molar-refractivity contribution in [2.45, 2.75) is 0 Å². The van der Waals surface area contributed by atoms with Gasteiger partial charge in [0.25, 0.3) is 0 Å². The quantitative estimate of drug-likeness (QED) is 0.183. The predicted molar refractivity (Wildman–Crippen MR) is 232 cm³/mol. The Bertz CT molecular complexity index is 3530. The van der Waals surface area contributed by atoms with Gasteiger partial charge in [-0.3, -0.25) is 4.57 Å². The highest BCUT2D eigenvalue weighted by molar-refractivity contribution is 6.27. The average molecular weight is 714 g/mol. The Balaban J connectivity index is 1.30. The minimum Gasteiger partial charge on any atom is -0.308 e. The molecule has 0 amide bonds. The molecule has 0 radical (unpaired) electrons. The first kappa shape index (κ1) is 30.8. The van der Waals surface area contributed by atoms with Crippen LogP contribution in [0.25, 0.3) is 110 Å². The second-order valence-electron chi connectivity index (χ2n) is 14.4. The van der Waals surface area contributed by atoms with Crippen molar-refractivity contribution in [3.05, 3.63) is 188 Å². The van der Waals surface area contributed by atoms with E-state index in [9.17, 15) is 0 Å². The molecule has 56 heavy (non-hydrogen) atoms. The summed E-state index contributed by atoms with van der Waals surface area (Å²) in [6, 6.07) is 67.0. The third-order valence-electron chi connectivity index (χ3n) is 11.3. The standard InChI is InChI=1S/C51H31N5/c1-3-16-32(17-4-1)49-52-50(33-18-5-2-6-19-33)54-51(53-49)56-45-29-14-12-25-39(45)42-30-43-41-27-15-26-40-37-23-10-8-21-35(37)34-20-7-9-22-36(34)38-24-11-13-28-44(38)55(48(40)41)46(43)31-47(42)56/h1-31H. The minimum atomic E-state index is 0.577. The maximum atomic E-state index is 5.22. The number of aromatic nitrogens is 5. The van der Waals surface area contributed by atoms with Crippen molar-refractivity contribution in [2.24, 2.45) is 0 Å². The summed E-state index contributed by atoms with van der Waals surface area (Å²) in [4.78, 5) is 15.5. The van der Waals surface area contributed by atoms with Crippen molar-refractivity contribution < 1.29 is 0 Å². The summed E-state index contributed by atoms with van der Waals surface area (Å²) >= 11 is 0. The van der Waals surface area contributed by atoms with E-state index < -0.39 is 0 Å². The molecule has 4 heterocycles. The Morgan fingerprint density at radius 2 is 0.714 bits per heavy atom. The Labute approximate surface area is 321 Å². The summed E-state index contributed by atoms with van der Waals surface area (Å²) in [6.45, 7) is 0. The monoisotopic (exact) mass is 713 g/mol. The summed E-state index contributed by atoms with van der Waals surface area (Å²) in [5.41, 5.74) is 7.39. The zero-order valence-corrected chi connectivity index (χ0v) is 30.1. The van der Waals surface area contributed by atoms with E-state index in [4.69, 9.17) is 15.0 Å². The molecule has 0 unspecified atom stereocenters. The van der Waals surface area contributed by atoms with E-state index in [1.54, 1.807) is 0 Å². The summed E-state index contributed by atoms with van der Waals surface area (Å²) < 4.78 is 4.72. The molecule has 12 rings (SSSR count). The highest BCUT2D eigenvalue weighted by atomic mass is 15.2. The lowest BCUT2D eigenvalue weighted by Gasteiger charge is -2.11. The van der Waals surface area contributed by atoms with E-state index in [1.165, 1.54) is 48.6 Å². The highest BCUT2D eigenvalue weighted by Crippen LogP contribution is 2.42. The lowest BCUT2D eigenvalue weighted by molar-refractivity contribution is 0.953. The third-order valence-corrected chi connectivity index (χ3v) is 11.3. The Morgan fingerprint density at radius 1 is 0.286 bits per heavy atom. The molecular formula is C51H31N5. The second-order valence-corrected chi connectivity index (χ2v) is 14.4. The molecule has 12 aromatic rings. The minimum absolute atomic E-state index is 0.577. The maximum Gasteiger partial charge on any atom is 0.238 e. The second kappa shape index (κ2) is 11.9. The topological polar surface area (TPSA) is 48.0 Å². The summed E-state index contributed by atoms with van der Waals surface area (Å²) in [5.74, 6) is 1.84. The van der Waals surface area contributed by atoms with Crippen LogP contribution in [0, 0.1) is 0 Å². The van der Waals surface area contributed by atoms with Crippen LogP contribution in [-0.4, -0.2) is 23.9 Å². The number of fused-ring (bicyclic) bond motifs is 13. The number of para-hydroxylation sites is 3. The molecule has 5 heteroatoms. The molecule has 0 aliphatic carbocycles. The molecule has 5 nitrogen and oxygen atoms in total. The number of benzene rings is 8. The van der Waals surface area contributed by atoms with Crippen LogP contribution in [0.5, 0.6) is 0 Å².